The summed E-state index contributed by atoms with van der Waals surface area (Å²) in [5.74, 6) is -7.50. The number of ketones is 3. The van der Waals surface area contributed by atoms with Crippen LogP contribution in [0, 0.1) is 47.3 Å². The smallest absolute Gasteiger partial charge is 0.410 e. The first kappa shape index (κ1) is 82.3. The first-order valence-corrected chi connectivity index (χ1v) is 34.3. The number of imide groups is 1. The number of halogens is 3. The van der Waals surface area contributed by atoms with Crippen LogP contribution in [0.3, 0.4) is 0 Å². The molecule has 4 rings (SSSR count). The van der Waals surface area contributed by atoms with E-state index in [4.69, 9.17) is 19.9 Å². The molecule has 0 spiro atoms. The number of amides is 8. The number of alkyl halides is 3. The molecule has 1 saturated heterocycles. The largest absolute Gasteiger partial charge is 0.445 e. The first-order valence-electron chi connectivity index (χ1n) is 34.3. The molecular weight excluding hydrogens is 1260 g/mol. The van der Waals surface area contributed by atoms with E-state index in [0.29, 0.717) is 43.5 Å². The van der Waals surface area contributed by atoms with Crippen LogP contribution >= 0.6 is 0 Å². The van der Waals surface area contributed by atoms with Crippen LogP contribution in [0.1, 0.15) is 170 Å². The average molecular weight is 1370 g/mol. The Balaban J connectivity index is 1.40. The van der Waals surface area contributed by atoms with Crippen molar-refractivity contribution in [3.05, 3.63) is 77.9 Å². The maximum absolute atomic E-state index is 14.9. The third kappa shape index (κ3) is 24.4. The summed E-state index contributed by atoms with van der Waals surface area (Å²) in [5.41, 5.74) is 6.75. The molecule has 1 fully saturated rings. The van der Waals surface area contributed by atoms with E-state index in [1.165, 1.54) is 38.3 Å². The number of anilines is 1. The van der Waals surface area contributed by atoms with E-state index in [9.17, 15) is 66.2 Å². The first-order chi connectivity index (χ1) is 45.7. The fraction of sp³-hybridized carbons (Fsp3) is 0.667. The number of methoxy groups -OCH3 is 2. The van der Waals surface area contributed by atoms with Gasteiger partial charge in [0.05, 0.1) is 48.9 Å². The molecule has 97 heavy (non-hydrogen) atoms. The van der Waals surface area contributed by atoms with E-state index >= 15 is 0 Å². The number of unbranched alkanes of at least 4 members (excludes halogenated alkanes) is 2. The topological polar surface area (TPSA) is 294 Å². The Bertz CT molecular complexity index is 2930. The fourth-order valence-corrected chi connectivity index (χ4v) is 13.4. The molecule has 0 unspecified atom stereocenters. The third-order valence-corrected chi connectivity index (χ3v) is 19.3. The number of nitrogens with one attached hydrogen (secondary N) is 3. The highest BCUT2D eigenvalue weighted by atomic mass is 19.4. The number of likely N-dealkylation sites (N-methyl/N-ethyl adjacent to an activating group) is 2. The van der Waals surface area contributed by atoms with Crippen LogP contribution < -0.4 is 21.7 Å². The molecule has 2 aromatic rings. The summed E-state index contributed by atoms with van der Waals surface area (Å²) in [4.78, 5) is 140. The Hall–Kier alpha value is -7.09. The molecule has 8 amide bonds. The number of hydrogen-bond acceptors (Lipinski definition) is 15. The van der Waals surface area contributed by atoms with E-state index in [-0.39, 0.29) is 112 Å². The van der Waals surface area contributed by atoms with Crippen LogP contribution in [0.15, 0.2) is 66.7 Å². The molecule has 542 valence electrons. The lowest BCUT2D eigenvalue weighted by atomic mass is 9.83. The number of nitrogens with zero attached hydrogens (tertiary/aromatic N) is 4. The minimum atomic E-state index is -4.73. The predicted molar refractivity (Wildman–Crippen MR) is 362 cm³/mol. The average Bonchev–Trinajstić information content (AvgIpc) is 1.80. The van der Waals surface area contributed by atoms with E-state index in [0.717, 1.165) is 22.6 Å². The number of carbonyl (C=O) groups excluding carboxylic acids is 10. The molecule has 25 heteroatoms. The van der Waals surface area contributed by atoms with Gasteiger partial charge in [-0.2, -0.15) is 13.2 Å². The molecule has 0 radical (unpaired) electrons. The van der Waals surface area contributed by atoms with Gasteiger partial charge in [-0.3, -0.25) is 48.6 Å². The number of benzene rings is 2. The van der Waals surface area contributed by atoms with Crippen molar-refractivity contribution in [3.63, 3.8) is 0 Å². The number of likely N-dealkylation sites (tertiary alicyclic amines) is 1. The molecule has 2 aromatic carbocycles. The van der Waals surface area contributed by atoms with Crippen LogP contribution in [0.2, 0.25) is 0 Å². The maximum atomic E-state index is 14.9. The number of ether oxygens (including phenoxy) is 3. The summed E-state index contributed by atoms with van der Waals surface area (Å²) in [6.45, 7) is 18.4. The van der Waals surface area contributed by atoms with Gasteiger partial charge in [0.15, 0.2) is 11.6 Å². The minimum Gasteiger partial charge on any atom is -0.445 e. The number of carbonyl (C=O) groups is 10. The van der Waals surface area contributed by atoms with E-state index in [2.05, 4.69) is 16.0 Å². The van der Waals surface area contributed by atoms with Gasteiger partial charge in [-0.25, -0.2) is 9.59 Å². The third-order valence-electron chi connectivity index (χ3n) is 19.3. The number of aliphatic hydroxyl groups is 1. The standard InChI is InChI=1S/C72H109F3N8O14/c1-15-46(8)65(58(95-13)41-62(89)82-37-23-27-54(82)67(96-14)48(10)55(84)38-47(9)66(90)50-24-18-16-19-25-50)80(11)69(92)53(43(2)3)40-57(86)64(45(6)7)81(12)71(94)97-42-49-29-31-52(32-30-49)78-68(91)51(26-22-35-77-70(76)93)39-56(85)63(44(4)5)79-59(72(73,74)75)28-20-17-21-36-83-60(87)33-34-61(83)88/h16,18-19,24-25,29-34,43-48,51,53-54,58-59,63-67,79,90H,15,17,20-23,26-28,35-42H2,1-14H3,(H,78,91)(H3,76,77,93)/t46-,47-,48-,51+,53-,54-,58+,59+,63-,64-,65-,66+,67+/m0/s1. The highest BCUT2D eigenvalue weighted by Gasteiger charge is 2.45. The lowest BCUT2D eigenvalue weighted by molar-refractivity contribution is -0.161. The second-order valence-corrected chi connectivity index (χ2v) is 27.4. The quantitative estimate of drug-likeness (QED) is 0.0305. The molecular formula is C72H109F3N8O14. The number of aliphatic hydroxyl groups excluding tert-OH is 1. The summed E-state index contributed by atoms with van der Waals surface area (Å²) < 4.78 is 61.2. The summed E-state index contributed by atoms with van der Waals surface area (Å²) in [5, 5.41) is 18.8. The lowest BCUT2D eigenvalue weighted by Gasteiger charge is -2.41. The molecule has 22 nitrogen and oxygen atoms in total. The van der Waals surface area contributed by atoms with Gasteiger partial charge < -0.3 is 50.4 Å². The second-order valence-electron chi connectivity index (χ2n) is 27.4. The molecule has 0 aliphatic carbocycles. The fourth-order valence-electron chi connectivity index (χ4n) is 13.4. The highest BCUT2D eigenvalue weighted by Crippen LogP contribution is 2.34. The number of rotatable bonds is 42. The van der Waals surface area contributed by atoms with Gasteiger partial charge in [-0.1, -0.05) is 131 Å². The van der Waals surface area contributed by atoms with Gasteiger partial charge in [-0.15, -0.1) is 0 Å². The number of hydrogen-bond donors (Lipinski definition) is 5. The Morgan fingerprint density at radius 3 is 1.93 bits per heavy atom. The van der Waals surface area contributed by atoms with E-state index in [1.807, 2.05) is 65.0 Å². The van der Waals surface area contributed by atoms with Crippen molar-refractivity contribution >= 4 is 64.7 Å². The van der Waals surface area contributed by atoms with Crippen LogP contribution in [-0.2, 0) is 59.2 Å². The van der Waals surface area contributed by atoms with Crippen molar-refractivity contribution in [3.8, 4) is 0 Å². The summed E-state index contributed by atoms with van der Waals surface area (Å²) in [6.07, 6.45) is -3.60. The highest BCUT2D eigenvalue weighted by molar-refractivity contribution is 6.12. The summed E-state index contributed by atoms with van der Waals surface area (Å²) in [6, 6.07) is 9.28. The number of nitrogens with two attached hydrogens (primary N) is 1. The second kappa shape index (κ2) is 39.5. The number of urea groups is 1. The Morgan fingerprint density at radius 2 is 1.37 bits per heavy atom. The van der Waals surface area contributed by atoms with Crippen molar-refractivity contribution in [1.29, 1.82) is 0 Å². The van der Waals surface area contributed by atoms with E-state index < -0.39 is 126 Å². The van der Waals surface area contributed by atoms with Crippen molar-refractivity contribution in [1.82, 2.24) is 30.2 Å². The molecule has 2 aliphatic rings. The van der Waals surface area contributed by atoms with Gasteiger partial charge in [0.25, 0.3) is 11.8 Å². The van der Waals surface area contributed by atoms with Gasteiger partial charge in [0, 0.05) is 103 Å². The molecule has 2 heterocycles. The molecule has 2 aliphatic heterocycles. The SMILES string of the molecule is CC[C@H](C)[C@@H]([C@@H](CC(=O)N1CCC[C@H]1[C@H](OC)[C@@H](C)C(=O)C[C@H](C)[C@@H](O)c1ccccc1)OC)N(C)C(=O)[C@@H](CC(=O)[C@H](C(C)C)N(C)C(=O)OCc1ccc(NC(=O)[C@H](CCCNC(N)=O)CC(=O)[C@@H](N[C@H](CCCCCN2C(=O)C=CC2=O)C(F)(F)F)C(C)C)cc1)C(C)C. The summed E-state index contributed by atoms with van der Waals surface area (Å²) >= 11 is 0. The predicted octanol–water partition coefficient (Wildman–Crippen LogP) is 9.75. The zero-order valence-corrected chi connectivity index (χ0v) is 59.4. The number of Topliss-reactive ketones (excluding diaryl/α,β-unsaturated/α-hetero) is 3. The van der Waals surface area contributed by atoms with Crippen molar-refractivity contribution < 1.29 is 80.4 Å². The van der Waals surface area contributed by atoms with Crippen LogP contribution in [0.4, 0.5) is 28.4 Å². The minimum absolute atomic E-state index is 0.0568. The maximum Gasteiger partial charge on any atom is 0.410 e. The lowest BCUT2D eigenvalue weighted by Crippen LogP contribution is -2.54. The Labute approximate surface area is 571 Å². The van der Waals surface area contributed by atoms with E-state index in [1.54, 1.807) is 63.6 Å². The molecule has 13 atom stereocenters. The molecule has 6 N–H and O–H groups in total. The van der Waals surface area contributed by atoms with Crippen molar-refractivity contribution in [2.45, 2.75) is 214 Å². The Kier molecular flexibility index (Phi) is 33.5. The van der Waals surface area contributed by atoms with Gasteiger partial charge in [0.2, 0.25) is 17.7 Å². The van der Waals surface area contributed by atoms with Crippen LogP contribution in [0.25, 0.3) is 0 Å². The monoisotopic (exact) mass is 1370 g/mol. The summed E-state index contributed by atoms with van der Waals surface area (Å²) in [7, 11) is 6.16. The zero-order chi connectivity index (χ0) is 72.6. The molecule has 0 aromatic heterocycles. The molecule has 0 bridgehead atoms. The van der Waals surface area contributed by atoms with Gasteiger partial charge in [-0.05, 0) is 91.4 Å². The Morgan fingerprint density at radius 1 is 0.732 bits per heavy atom. The van der Waals surface area contributed by atoms with Crippen molar-refractivity contribution in [2.75, 3.05) is 53.3 Å². The number of primary amides is 1. The zero-order valence-electron chi connectivity index (χ0n) is 59.4. The van der Waals surface area contributed by atoms with Gasteiger partial charge >= 0.3 is 18.3 Å². The van der Waals surface area contributed by atoms with Crippen molar-refractivity contribution in [2.24, 2.45) is 53.1 Å². The van der Waals surface area contributed by atoms with Crippen LogP contribution in [0.5, 0.6) is 0 Å². The molecule has 0 saturated carbocycles. The van der Waals surface area contributed by atoms with Gasteiger partial charge in [0.1, 0.15) is 18.4 Å². The normalized spacial score (nSPS) is 18.0. The van der Waals surface area contributed by atoms with Crippen LogP contribution in [-0.4, -0.2) is 180 Å².